The normalized spacial score (nSPS) is 10.6. The van der Waals surface area contributed by atoms with Crippen molar-refractivity contribution in [1.82, 2.24) is 4.37 Å². The molecular formula is C13H15FN2OS. The first kappa shape index (κ1) is 13.0. The van der Waals surface area contributed by atoms with Crippen LogP contribution in [0, 0.1) is 5.82 Å². The van der Waals surface area contributed by atoms with Crippen molar-refractivity contribution in [3.8, 4) is 17.0 Å². The molecule has 96 valence electrons. The molecule has 18 heavy (non-hydrogen) atoms. The minimum absolute atomic E-state index is 0.277. The summed E-state index contributed by atoms with van der Waals surface area (Å²) in [5.74, 6) is -0.0820. The van der Waals surface area contributed by atoms with Crippen molar-refractivity contribution in [1.29, 1.82) is 0 Å². The summed E-state index contributed by atoms with van der Waals surface area (Å²) in [6.45, 7) is 2.87. The van der Waals surface area contributed by atoms with Crippen molar-refractivity contribution in [2.75, 3.05) is 13.2 Å². The third-order valence-electron chi connectivity index (χ3n) is 2.48. The summed E-state index contributed by atoms with van der Waals surface area (Å²) < 4.78 is 23.2. The van der Waals surface area contributed by atoms with E-state index in [-0.39, 0.29) is 11.6 Å². The minimum atomic E-state index is -0.359. The molecule has 0 aliphatic carbocycles. The maximum atomic E-state index is 13.7. The Balaban J connectivity index is 2.24. The van der Waals surface area contributed by atoms with Gasteiger partial charge < -0.3 is 10.5 Å². The van der Waals surface area contributed by atoms with E-state index in [1.165, 1.54) is 17.6 Å². The highest BCUT2D eigenvalue weighted by Gasteiger charge is 2.08. The predicted octanol–water partition coefficient (Wildman–Crippen LogP) is 2.85. The molecule has 0 unspecified atom stereocenters. The van der Waals surface area contributed by atoms with E-state index in [9.17, 15) is 4.39 Å². The fraction of sp³-hybridized carbons (Fsp3) is 0.308. The lowest BCUT2D eigenvalue weighted by atomic mass is 10.1. The van der Waals surface area contributed by atoms with Gasteiger partial charge in [0.15, 0.2) is 11.6 Å². The van der Waals surface area contributed by atoms with E-state index in [0.717, 1.165) is 22.6 Å². The maximum absolute atomic E-state index is 13.7. The van der Waals surface area contributed by atoms with Gasteiger partial charge in [-0.3, -0.25) is 0 Å². The van der Waals surface area contributed by atoms with Crippen molar-refractivity contribution < 1.29 is 9.13 Å². The van der Waals surface area contributed by atoms with Gasteiger partial charge in [-0.15, -0.1) is 0 Å². The summed E-state index contributed by atoms with van der Waals surface area (Å²) in [5, 5.41) is 0. The van der Waals surface area contributed by atoms with Crippen LogP contribution in [0.1, 0.15) is 11.8 Å². The number of hydrogen-bond donors (Lipinski definition) is 1. The van der Waals surface area contributed by atoms with E-state index < -0.39 is 0 Å². The van der Waals surface area contributed by atoms with E-state index in [0.29, 0.717) is 13.2 Å². The van der Waals surface area contributed by atoms with Gasteiger partial charge in [-0.25, -0.2) is 4.39 Å². The maximum Gasteiger partial charge on any atom is 0.165 e. The van der Waals surface area contributed by atoms with Gasteiger partial charge in [-0.1, -0.05) is 0 Å². The SMILES string of the molecule is CCOc1ccc(-c2cc(CCN)sn2)cc1F. The number of nitrogens with zero attached hydrogens (tertiary/aromatic N) is 1. The Kier molecular flexibility index (Phi) is 4.28. The Bertz CT molecular complexity index is 527. The monoisotopic (exact) mass is 266 g/mol. The molecule has 0 aliphatic rings. The molecule has 2 N–H and O–H groups in total. The zero-order valence-corrected chi connectivity index (χ0v) is 11.0. The van der Waals surface area contributed by atoms with E-state index >= 15 is 0 Å². The second kappa shape index (κ2) is 5.93. The molecule has 0 spiro atoms. The molecule has 1 aromatic carbocycles. The predicted molar refractivity (Wildman–Crippen MR) is 71.4 cm³/mol. The van der Waals surface area contributed by atoms with Gasteiger partial charge in [0.1, 0.15) is 0 Å². The molecule has 2 aromatic rings. The van der Waals surface area contributed by atoms with Crippen molar-refractivity contribution in [2.24, 2.45) is 5.73 Å². The van der Waals surface area contributed by atoms with Gasteiger partial charge in [0.05, 0.1) is 12.3 Å². The highest BCUT2D eigenvalue weighted by atomic mass is 32.1. The Labute approximate surface area is 110 Å². The van der Waals surface area contributed by atoms with Crippen LogP contribution in [-0.4, -0.2) is 17.5 Å². The van der Waals surface area contributed by atoms with Gasteiger partial charge in [-0.2, -0.15) is 4.37 Å². The number of rotatable bonds is 5. The molecule has 3 nitrogen and oxygen atoms in total. The van der Waals surface area contributed by atoms with Crippen LogP contribution in [-0.2, 0) is 6.42 Å². The Hall–Kier alpha value is -1.46. The molecule has 5 heteroatoms. The molecule has 1 aromatic heterocycles. The summed E-state index contributed by atoms with van der Waals surface area (Å²) in [5.41, 5.74) is 7.03. The second-order valence-electron chi connectivity index (χ2n) is 3.80. The Morgan fingerprint density at radius 1 is 1.39 bits per heavy atom. The lowest BCUT2D eigenvalue weighted by Gasteiger charge is -2.05. The van der Waals surface area contributed by atoms with Crippen LogP contribution in [0.3, 0.4) is 0 Å². The van der Waals surface area contributed by atoms with Crippen molar-refractivity contribution in [3.63, 3.8) is 0 Å². The van der Waals surface area contributed by atoms with Crippen LogP contribution in [0.5, 0.6) is 5.75 Å². The first-order valence-electron chi connectivity index (χ1n) is 5.83. The van der Waals surface area contributed by atoms with E-state index in [2.05, 4.69) is 4.37 Å². The summed E-state index contributed by atoms with van der Waals surface area (Å²) in [4.78, 5) is 1.11. The van der Waals surface area contributed by atoms with Crippen molar-refractivity contribution >= 4 is 11.5 Å². The largest absolute Gasteiger partial charge is 0.491 e. The van der Waals surface area contributed by atoms with E-state index in [1.807, 2.05) is 19.1 Å². The highest BCUT2D eigenvalue weighted by Crippen LogP contribution is 2.26. The van der Waals surface area contributed by atoms with Crippen LogP contribution < -0.4 is 10.5 Å². The smallest absolute Gasteiger partial charge is 0.165 e. The third-order valence-corrected chi connectivity index (χ3v) is 3.32. The fourth-order valence-corrected chi connectivity index (χ4v) is 2.39. The molecule has 0 fully saturated rings. The molecule has 0 atom stereocenters. The fourth-order valence-electron chi connectivity index (χ4n) is 1.64. The van der Waals surface area contributed by atoms with Crippen LogP contribution in [0.15, 0.2) is 24.3 Å². The summed E-state index contributed by atoms with van der Waals surface area (Å²) >= 11 is 1.41. The molecule has 0 bridgehead atoms. The standard InChI is InChI=1S/C13H15FN2OS/c1-2-17-13-4-3-9(7-11(13)14)12-8-10(5-6-15)18-16-12/h3-4,7-8H,2,5-6,15H2,1H3. The van der Waals surface area contributed by atoms with Crippen LogP contribution in [0.4, 0.5) is 4.39 Å². The minimum Gasteiger partial charge on any atom is -0.491 e. The number of ether oxygens (including phenoxy) is 1. The molecule has 0 radical (unpaired) electrons. The van der Waals surface area contributed by atoms with Crippen LogP contribution in [0.25, 0.3) is 11.3 Å². The first-order valence-corrected chi connectivity index (χ1v) is 6.60. The topological polar surface area (TPSA) is 48.1 Å². The van der Waals surface area contributed by atoms with Crippen LogP contribution >= 0.6 is 11.5 Å². The molecule has 0 amide bonds. The lowest BCUT2D eigenvalue weighted by Crippen LogP contribution is -2.00. The lowest BCUT2D eigenvalue weighted by molar-refractivity contribution is 0.321. The van der Waals surface area contributed by atoms with Gasteiger partial charge in [0.25, 0.3) is 0 Å². The van der Waals surface area contributed by atoms with Gasteiger partial charge in [0.2, 0.25) is 0 Å². The molecule has 0 saturated heterocycles. The number of hydrogen-bond acceptors (Lipinski definition) is 4. The molecule has 2 rings (SSSR count). The zero-order valence-electron chi connectivity index (χ0n) is 10.1. The zero-order chi connectivity index (χ0) is 13.0. The Morgan fingerprint density at radius 3 is 2.89 bits per heavy atom. The quantitative estimate of drug-likeness (QED) is 0.905. The van der Waals surface area contributed by atoms with Gasteiger partial charge in [0, 0.05) is 10.4 Å². The van der Waals surface area contributed by atoms with Crippen molar-refractivity contribution in [2.45, 2.75) is 13.3 Å². The average molecular weight is 266 g/mol. The van der Waals surface area contributed by atoms with Gasteiger partial charge >= 0.3 is 0 Å². The average Bonchev–Trinajstić information content (AvgIpc) is 2.81. The summed E-state index contributed by atoms with van der Waals surface area (Å²) in [6.07, 6.45) is 0.803. The number of nitrogens with two attached hydrogens (primary N) is 1. The number of halogens is 1. The van der Waals surface area contributed by atoms with Crippen molar-refractivity contribution in [3.05, 3.63) is 35.0 Å². The highest BCUT2D eigenvalue weighted by molar-refractivity contribution is 7.06. The number of benzene rings is 1. The molecular weight excluding hydrogens is 251 g/mol. The van der Waals surface area contributed by atoms with E-state index in [4.69, 9.17) is 10.5 Å². The Morgan fingerprint density at radius 2 is 2.22 bits per heavy atom. The number of aromatic nitrogens is 1. The summed E-state index contributed by atoms with van der Waals surface area (Å²) in [6, 6.07) is 6.85. The molecule has 0 saturated carbocycles. The van der Waals surface area contributed by atoms with Gasteiger partial charge in [-0.05, 0) is 55.7 Å². The molecule has 1 heterocycles. The van der Waals surface area contributed by atoms with Crippen LogP contribution in [0.2, 0.25) is 0 Å². The first-order chi connectivity index (χ1) is 8.74. The van der Waals surface area contributed by atoms with E-state index in [1.54, 1.807) is 6.07 Å². The second-order valence-corrected chi connectivity index (χ2v) is 4.68. The third kappa shape index (κ3) is 2.86. The summed E-state index contributed by atoms with van der Waals surface area (Å²) in [7, 11) is 0. The molecule has 0 aliphatic heterocycles.